The van der Waals surface area contributed by atoms with E-state index in [1.165, 1.54) is 0 Å². The lowest BCUT2D eigenvalue weighted by Gasteiger charge is -1.98. The zero-order valence-electron chi connectivity index (χ0n) is 8.72. The highest BCUT2D eigenvalue weighted by Crippen LogP contribution is 2.08. The first-order valence-electron chi connectivity index (χ1n) is 5.00. The van der Waals surface area contributed by atoms with Crippen molar-refractivity contribution in [3.8, 4) is 0 Å². The smallest absolute Gasteiger partial charge is 0.0642 e. The van der Waals surface area contributed by atoms with Gasteiger partial charge < -0.3 is 0 Å². The van der Waals surface area contributed by atoms with Gasteiger partial charge in [0.05, 0.1) is 5.70 Å². The zero-order chi connectivity index (χ0) is 10.2. The molecule has 0 amide bonds. The van der Waals surface area contributed by atoms with Crippen LogP contribution >= 0.6 is 0 Å². The molecule has 1 heterocycles. The minimum absolute atomic E-state index is 1.00. The summed E-state index contributed by atoms with van der Waals surface area (Å²) in [4.78, 5) is 0. The molecular formula is C12H16N2. The van der Waals surface area contributed by atoms with E-state index in [1.54, 1.807) is 6.20 Å². The van der Waals surface area contributed by atoms with Crippen molar-refractivity contribution in [1.82, 2.24) is 9.78 Å². The second-order valence-electron chi connectivity index (χ2n) is 2.61. The molecule has 1 aliphatic carbocycles. The molecule has 0 spiro atoms. The van der Waals surface area contributed by atoms with Crippen molar-refractivity contribution >= 4 is 5.70 Å². The molecule has 1 aromatic rings. The largest absolute Gasteiger partial charge is 0.241 e. The fourth-order valence-electron chi connectivity index (χ4n) is 1.14. The molecule has 0 radical (unpaired) electrons. The standard InChI is InChI=1S/C10H10N2.C2H6/c1-2-4-7-10(6-3-1)12-9-5-8-11-12;1-2/h1,3-9H,2H2;1-2H3. The molecule has 0 saturated heterocycles. The van der Waals surface area contributed by atoms with E-state index in [0.717, 1.165) is 12.1 Å². The summed E-state index contributed by atoms with van der Waals surface area (Å²) in [5.41, 5.74) is 1.11. The van der Waals surface area contributed by atoms with E-state index in [0.29, 0.717) is 0 Å². The van der Waals surface area contributed by atoms with Crippen LogP contribution in [0.4, 0.5) is 0 Å². The SMILES string of the molecule is C1=CCC=CC(n2cccn2)=C1.CC. The van der Waals surface area contributed by atoms with Gasteiger partial charge in [0, 0.05) is 12.4 Å². The van der Waals surface area contributed by atoms with Gasteiger partial charge in [0.15, 0.2) is 0 Å². The second kappa shape index (κ2) is 5.97. The molecule has 1 aliphatic rings. The number of aromatic nitrogens is 2. The lowest BCUT2D eigenvalue weighted by Crippen LogP contribution is -1.93. The lowest BCUT2D eigenvalue weighted by molar-refractivity contribution is 0.910. The van der Waals surface area contributed by atoms with Gasteiger partial charge in [0.25, 0.3) is 0 Å². The molecular weight excluding hydrogens is 172 g/mol. The van der Waals surface area contributed by atoms with Gasteiger partial charge in [-0.2, -0.15) is 5.10 Å². The predicted octanol–water partition coefficient (Wildman–Crippen LogP) is 3.27. The van der Waals surface area contributed by atoms with Gasteiger partial charge in [-0.1, -0.05) is 32.1 Å². The number of nitrogens with zero attached hydrogens (tertiary/aromatic N) is 2. The van der Waals surface area contributed by atoms with Gasteiger partial charge in [-0.25, -0.2) is 4.68 Å². The van der Waals surface area contributed by atoms with Crippen molar-refractivity contribution in [3.05, 3.63) is 48.8 Å². The first-order chi connectivity index (χ1) is 6.97. The van der Waals surface area contributed by atoms with E-state index in [4.69, 9.17) is 0 Å². The summed E-state index contributed by atoms with van der Waals surface area (Å²) in [6, 6.07) is 1.92. The summed E-state index contributed by atoms with van der Waals surface area (Å²) in [6.45, 7) is 4.00. The van der Waals surface area contributed by atoms with Crippen LogP contribution in [0.3, 0.4) is 0 Å². The Morgan fingerprint density at radius 1 is 1.29 bits per heavy atom. The number of rotatable bonds is 1. The molecule has 74 valence electrons. The van der Waals surface area contributed by atoms with E-state index >= 15 is 0 Å². The number of hydrogen-bond donors (Lipinski definition) is 0. The maximum Gasteiger partial charge on any atom is 0.0642 e. The monoisotopic (exact) mass is 188 g/mol. The highest BCUT2D eigenvalue weighted by atomic mass is 15.3. The lowest BCUT2D eigenvalue weighted by atomic mass is 10.3. The highest BCUT2D eigenvalue weighted by Gasteiger charge is 1.94. The fraction of sp³-hybridized carbons (Fsp3) is 0.250. The van der Waals surface area contributed by atoms with Gasteiger partial charge in [-0.3, -0.25) is 0 Å². The third kappa shape index (κ3) is 2.73. The highest BCUT2D eigenvalue weighted by molar-refractivity contribution is 5.58. The minimum Gasteiger partial charge on any atom is -0.241 e. The molecule has 14 heavy (non-hydrogen) atoms. The Balaban J connectivity index is 0.000000461. The molecule has 2 nitrogen and oxygen atoms in total. The van der Waals surface area contributed by atoms with Crippen molar-refractivity contribution in [2.45, 2.75) is 20.3 Å². The summed E-state index contributed by atoms with van der Waals surface area (Å²) in [5.74, 6) is 0. The summed E-state index contributed by atoms with van der Waals surface area (Å²) < 4.78 is 1.85. The van der Waals surface area contributed by atoms with E-state index < -0.39 is 0 Å². The van der Waals surface area contributed by atoms with Crippen molar-refractivity contribution in [1.29, 1.82) is 0 Å². The Morgan fingerprint density at radius 2 is 2.14 bits per heavy atom. The van der Waals surface area contributed by atoms with Gasteiger partial charge in [-0.05, 0) is 24.6 Å². The van der Waals surface area contributed by atoms with E-state index in [1.807, 2.05) is 30.8 Å². The molecule has 0 saturated carbocycles. The Kier molecular flexibility index (Phi) is 4.48. The van der Waals surface area contributed by atoms with Gasteiger partial charge in [0.1, 0.15) is 0 Å². The van der Waals surface area contributed by atoms with Crippen molar-refractivity contribution < 1.29 is 0 Å². The predicted molar refractivity (Wildman–Crippen MR) is 60.7 cm³/mol. The molecule has 1 aromatic heterocycles. The topological polar surface area (TPSA) is 17.8 Å². The molecule has 0 aromatic carbocycles. The van der Waals surface area contributed by atoms with E-state index in [9.17, 15) is 0 Å². The zero-order valence-corrected chi connectivity index (χ0v) is 8.72. The molecule has 2 rings (SSSR count). The molecule has 0 atom stereocenters. The van der Waals surface area contributed by atoms with Crippen LogP contribution in [0.1, 0.15) is 20.3 Å². The van der Waals surface area contributed by atoms with Crippen LogP contribution in [0, 0.1) is 0 Å². The van der Waals surface area contributed by atoms with Crippen LogP contribution in [-0.4, -0.2) is 9.78 Å². The van der Waals surface area contributed by atoms with Crippen LogP contribution in [0.15, 0.2) is 48.8 Å². The third-order valence-electron chi connectivity index (χ3n) is 1.73. The molecule has 0 N–H and O–H groups in total. The van der Waals surface area contributed by atoms with Crippen molar-refractivity contribution in [3.63, 3.8) is 0 Å². The maximum atomic E-state index is 4.14. The van der Waals surface area contributed by atoms with Crippen LogP contribution < -0.4 is 0 Å². The fourth-order valence-corrected chi connectivity index (χ4v) is 1.14. The van der Waals surface area contributed by atoms with Gasteiger partial charge in [-0.15, -0.1) is 0 Å². The van der Waals surface area contributed by atoms with Crippen molar-refractivity contribution in [2.75, 3.05) is 0 Å². The van der Waals surface area contributed by atoms with E-state index in [-0.39, 0.29) is 0 Å². The Labute approximate surface area is 85.3 Å². The van der Waals surface area contributed by atoms with E-state index in [2.05, 4.69) is 35.5 Å². The summed E-state index contributed by atoms with van der Waals surface area (Å²) in [7, 11) is 0. The summed E-state index contributed by atoms with van der Waals surface area (Å²) in [5, 5.41) is 4.14. The molecule has 2 heteroatoms. The first kappa shape index (κ1) is 10.5. The van der Waals surface area contributed by atoms with Crippen LogP contribution in [0.25, 0.3) is 5.70 Å². The van der Waals surface area contributed by atoms with Crippen LogP contribution in [0.5, 0.6) is 0 Å². The Morgan fingerprint density at radius 3 is 2.86 bits per heavy atom. The second-order valence-corrected chi connectivity index (χ2v) is 2.61. The quantitative estimate of drug-likeness (QED) is 0.661. The first-order valence-corrected chi connectivity index (χ1v) is 5.00. The summed E-state index contributed by atoms with van der Waals surface area (Å²) >= 11 is 0. The Bertz CT molecular complexity index is 329. The van der Waals surface area contributed by atoms with Crippen LogP contribution in [0.2, 0.25) is 0 Å². The van der Waals surface area contributed by atoms with Gasteiger partial charge >= 0.3 is 0 Å². The maximum absolute atomic E-state index is 4.14. The number of hydrogen-bond acceptors (Lipinski definition) is 1. The minimum atomic E-state index is 1.00. The molecule has 0 bridgehead atoms. The average molecular weight is 188 g/mol. The molecule has 0 fully saturated rings. The third-order valence-corrected chi connectivity index (χ3v) is 1.73. The molecule has 0 aliphatic heterocycles. The summed E-state index contributed by atoms with van der Waals surface area (Å²) in [6.07, 6.45) is 15.1. The van der Waals surface area contributed by atoms with Crippen molar-refractivity contribution in [2.24, 2.45) is 0 Å². The van der Waals surface area contributed by atoms with Gasteiger partial charge in [0.2, 0.25) is 0 Å². The number of allylic oxidation sites excluding steroid dienone is 6. The Hall–Kier alpha value is -1.57. The molecule has 0 unspecified atom stereocenters. The van der Waals surface area contributed by atoms with Crippen LogP contribution in [-0.2, 0) is 0 Å². The average Bonchev–Trinajstić information content (AvgIpc) is 2.64. The normalized spacial score (nSPS) is 14.0.